The Morgan fingerprint density at radius 2 is 2.17 bits per heavy atom. The van der Waals surface area contributed by atoms with Gasteiger partial charge in [0, 0.05) is 11.8 Å². The van der Waals surface area contributed by atoms with E-state index >= 15 is 0 Å². The lowest BCUT2D eigenvalue weighted by molar-refractivity contribution is 0.102. The highest BCUT2D eigenvalue weighted by molar-refractivity contribution is 6.03. The van der Waals surface area contributed by atoms with Gasteiger partial charge in [-0.05, 0) is 45.0 Å². The average Bonchev–Trinajstić information content (AvgIpc) is 2.97. The minimum atomic E-state index is -0.254. The van der Waals surface area contributed by atoms with Crippen LogP contribution >= 0.6 is 0 Å². The number of hydrogen-bond acceptors (Lipinski definition) is 5. The maximum atomic E-state index is 12.5. The monoisotopic (exact) mass is 315 g/mol. The highest BCUT2D eigenvalue weighted by atomic mass is 16.5. The van der Waals surface area contributed by atoms with Gasteiger partial charge in [0.05, 0.1) is 18.8 Å². The summed E-state index contributed by atoms with van der Waals surface area (Å²) in [6, 6.07) is 7.54. The molecule has 0 saturated carbocycles. The first-order valence-corrected chi connectivity index (χ1v) is 7.77. The molecule has 1 aliphatic heterocycles. The Hall–Kier alpha value is -2.41. The number of amides is 1. The Bertz CT molecular complexity index is 692. The van der Waals surface area contributed by atoms with Crippen LogP contribution in [-0.2, 0) is 0 Å². The molecule has 0 radical (unpaired) electrons. The molecular formula is C16H21N5O2. The van der Waals surface area contributed by atoms with Crippen LogP contribution in [0.25, 0.3) is 0 Å². The quantitative estimate of drug-likeness (QED) is 0.899. The maximum Gasteiger partial charge on any atom is 0.278 e. The van der Waals surface area contributed by atoms with Crippen LogP contribution in [0.3, 0.4) is 0 Å². The molecule has 0 atom stereocenters. The average molecular weight is 315 g/mol. The van der Waals surface area contributed by atoms with Crippen molar-refractivity contribution in [1.82, 2.24) is 20.3 Å². The molecule has 3 rings (SSSR count). The molecule has 0 unspecified atom stereocenters. The first kappa shape index (κ1) is 15.5. The number of carbonyl (C=O) groups excluding carboxylic acids is 1. The van der Waals surface area contributed by atoms with Crippen molar-refractivity contribution in [2.75, 3.05) is 25.5 Å². The molecule has 122 valence electrons. The summed E-state index contributed by atoms with van der Waals surface area (Å²) in [5.74, 6) is 0.439. The second-order valence-electron chi connectivity index (χ2n) is 5.64. The molecule has 7 heteroatoms. The van der Waals surface area contributed by atoms with E-state index in [1.807, 2.05) is 29.8 Å². The highest BCUT2D eigenvalue weighted by Gasteiger charge is 2.22. The van der Waals surface area contributed by atoms with Crippen LogP contribution in [0.15, 0.2) is 24.3 Å². The lowest BCUT2D eigenvalue weighted by atomic mass is 10.1. The van der Waals surface area contributed by atoms with Crippen LogP contribution in [0.2, 0.25) is 0 Å². The highest BCUT2D eigenvalue weighted by Crippen LogP contribution is 2.21. The number of nitrogens with zero attached hydrogens (tertiary/aromatic N) is 3. The van der Waals surface area contributed by atoms with Gasteiger partial charge >= 0.3 is 0 Å². The van der Waals surface area contributed by atoms with E-state index in [1.54, 1.807) is 13.2 Å². The molecule has 1 aromatic heterocycles. The fourth-order valence-electron chi connectivity index (χ4n) is 2.84. The number of hydrogen-bond donors (Lipinski definition) is 2. The van der Waals surface area contributed by atoms with Gasteiger partial charge < -0.3 is 15.4 Å². The minimum absolute atomic E-state index is 0.254. The fraction of sp³-hybridized carbons (Fsp3) is 0.438. The molecule has 7 nitrogen and oxygen atoms in total. The Kier molecular flexibility index (Phi) is 4.57. The van der Waals surface area contributed by atoms with Crippen molar-refractivity contribution in [3.05, 3.63) is 35.7 Å². The third-order valence-electron chi connectivity index (χ3n) is 4.12. The van der Waals surface area contributed by atoms with Gasteiger partial charge in [0.15, 0.2) is 5.69 Å². The molecule has 1 amide bonds. The molecule has 23 heavy (non-hydrogen) atoms. The molecule has 2 heterocycles. The minimum Gasteiger partial charge on any atom is -0.497 e. The summed E-state index contributed by atoms with van der Waals surface area (Å²) in [7, 11) is 1.59. The van der Waals surface area contributed by atoms with Crippen LogP contribution in [0.1, 0.15) is 35.1 Å². The number of nitrogens with one attached hydrogen (secondary N) is 2. The standard InChI is InChI=1S/C16H21N5O2/c1-11-15(19-20-21(11)13-6-8-17-9-7-13)16(22)18-12-4-3-5-14(10-12)23-2/h3-5,10,13,17H,6-9H2,1-2H3,(H,18,22). The van der Waals surface area contributed by atoms with Crippen molar-refractivity contribution in [3.63, 3.8) is 0 Å². The predicted molar refractivity (Wildman–Crippen MR) is 86.8 cm³/mol. The van der Waals surface area contributed by atoms with Gasteiger partial charge in [-0.1, -0.05) is 11.3 Å². The zero-order chi connectivity index (χ0) is 16.2. The number of carbonyl (C=O) groups is 1. The van der Waals surface area contributed by atoms with E-state index in [0.717, 1.165) is 31.6 Å². The van der Waals surface area contributed by atoms with Gasteiger partial charge in [-0.15, -0.1) is 5.10 Å². The van der Waals surface area contributed by atoms with E-state index in [4.69, 9.17) is 4.74 Å². The molecule has 2 aromatic rings. The summed E-state index contributed by atoms with van der Waals surface area (Å²) in [5.41, 5.74) is 1.84. The van der Waals surface area contributed by atoms with E-state index in [-0.39, 0.29) is 5.91 Å². The fourth-order valence-corrected chi connectivity index (χ4v) is 2.84. The summed E-state index contributed by atoms with van der Waals surface area (Å²) in [4.78, 5) is 12.5. The topological polar surface area (TPSA) is 81.1 Å². The molecular weight excluding hydrogens is 294 g/mol. The summed E-state index contributed by atoms with van der Waals surface area (Å²) in [6.45, 7) is 3.83. The van der Waals surface area contributed by atoms with Crippen LogP contribution < -0.4 is 15.4 Å². The van der Waals surface area contributed by atoms with Crippen LogP contribution in [0.4, 0.5) is 5.69 Å². The first-order chi connectivity index (χ1) is 11.2. The van der Waals surface area contributed by atoms with Gasteiger partial charge in [0.1, 0.15) is 5.75 Å². The zero-order valence-electron chi connectivity index (χ0n) is 13.4. The van der Waals surface area contributed by atoms with Crippen molar-refractivity contribution in [1.29, 1.82) is 0 Å². The van der Waals surface area contributed by atoms with E-state index in [9.17, 15) is 4.79 Å². The summed E-state index contributed by atoms with van der Waals surface area (Å²) in [6.07, 6.45) is 2.00. The number of benzene rings is 1. The van der Waals surface area contributed by atoms with Crippen LogP contribution in [-0.4, -0.2) is 41.1 Å². The normalized spacial score (nSPS) is 15.4. The first-order valence-electron chi connectivity index (χ1n) is 7.77. The van der Waals surface area contributed by atoms with Crippen molar-refractivity contribution in [3.8, 4) is 5.75 Å². The molecule has 0 bridgehead atoms. The number of ether oxygens (including phenoxy) is 1. The molecule has 0 spiro atoms. The van der Waals surface area contributed by atoms with Crippen molar-refractivity contribution in [2.45, 2.75) is 25.8 Å². The van der Waals surface area contributed by atoms with E-state index in [0.29, 0.717) is 23.2 Å². The van der Waals surface area contributed by atoms with E-state index < -0.39 is 0 Å². The zero-order valence-corrected chi connectivity index (χ0v) is 13.4. The Labute approximate surface area is 135 Å². The molecule has 1 aromatic carbocycles. The van der Waals surface area contributed by atoms with Gasteiger partial charge in [0.25, 0.3) is 5.91 Å². The number of aromatic nitrogens is 3. The summed E-state index contributed by atoms with van der Waals surface area (Å²) < 4.78 is 7.04. The molecule has 1 fully saturated rings. The SMILES string of the molecule is COc1cccc(NC(=O)c2nnn(C3CCNCC3)c2C)c1. The smallest absolute Gasteiger partial charge is 0.278 e. The van der Waals surface area contributed by atoms with Gasteiger partial charge in [-0.2, -0.15) is 0 Å². The Morgan fingerprint density at radius 1 is 1.39 bits per heavy atom. The number of methoxy groups -OCH3 is 1. The second-order valence-corrected chi connectivity index (χ2v) is 5.64. The van der Waals surface area contributed by atoms with Gasteiger partial charge in [0.2, 0.25) is 0 Å². The molecule has 1 saturated heterocycles. The van der Waals surface area contributed by atoms with Gasteiger partial charge in [-0.3, -0.25) is 4.79 Å². The second kappa shape index (κ2) is 6.78. The summed E-state index contributed by atoms with van der Waals surface area (Å²) in [5, 5.41) is 14.4. The van der Waals surface area contributed by atoms with Crippen molar-refractivity contribution < 1.29 is 9.53 Å². The number of piperidine rings is 1. The lowest BCUT2D eigenvalue weighted by Crippen LogP contribution is -2.30. The Morgan fingerprint density at radius 3 is 2.91 bits per heavy atom. The summed E-state index contributed by atoms with van der Waals surface area (Å²) >= 11 is 0. The molecule has 2 N–H and O–H groups in total. The molecule has 0 aliphatic carbocycles. The van der Waals surface area contributed by atoms with E-state index in [1.165, 1.54) is 0 Å². The van der Waals surface area contributed by atoms with E-state index in [2.05, 4.69) is 20.9 Å². The van der Waals surface area contributed by atoms with Crippen LogP contribution in [0.5, 0.6) is 5.75 Å². The number of anilines is 1. The molecule has 1 aliphatic rings. The largest absolute Gasteiger partial charge is 0.497 e. The maximum absolute atomic E-state index is 12.5. The Balaban J connectivity index is 1.75. The van der Waals surface area contributed by atoms with Crippen molar-refractivity contribution in [2.24, 2.45) is 0 Å². The predicted octanol–water partition coefficient (Wildman–Crippen LogP) is 1.77. The third kappa shape index (κ3) is 3.34. The lowest BCUT2D eigenvalue weighted by Gasteiger charge is -2.23. The van der Waals surface area contributed by atoms with Crippen molar-refractivity contribution >= 4 is 11.6 Å². The van der Waals surface area contributed by atoms with Gasteiger partial charge in [-0.25, -0.2) is 4.68 Å². The third-order valence-corrected chi connectivity index (χ3v) is 4.12. The number of rotatable bonds is 4. The van der Waals surface area contributed by atoms with Crippen LogP contribution in [0, 0.1) is 6.92 Å².